The topological polar surface area (TPSA) is 41.6 Å². The Morgan fingerprint density at radius 3 is 2.56 bits per heavy atom. The molecule has 25 heavy (non-hydrogen) atoms. The predicted molar refractivity (Wildman–Crippen MR) is 102 cm³/mol. The third-order valence-corrected chi connectivity index (χ3v) is 5.13. The minimum Gasteiger partial charge on any atom is -0.379 e. The summed E-state index contributed by atoms with van der Waals surface area (Å²) in [5, 5.41) is 2.93. The lowest BCUT2D eigenvalue weighted by Gasteiger charge is -2.26. The van der Waals surface area contributed by atoms with Crippen LogP contribution in [0.2, 0.25) is 0 Å². The van der Waals surface area contributed by atoms with E-state index in [9.17, 15) is 4.79 Å². The van der Waals surface area contributed by atoms with Gasteiger partial charge in [0.2, 0.25) is 5.91 Å². The fourth-order valence-electron chi connectivity index (χ4n) is 2.73. The molecule has 1 aromatic heterocycles. The van der Waals surface area contributed by atoms with Crippen LogP contribution in [0.25, 0.3) is 6.08 Å². The number of amides is 1. The Labute approximate surface area is 153 Å². The third-order valence-electron chi connectivity index (χ3n) is 4.16. The van der Waals surface area contributed by atoms with Crippen molar-refractivity contribution in [1.29, 1.82) is 0 Å². The fourth-order valence-corrected chi connectivity index (χ4v) is 3.51. The summed E-state index contributed by atoms with van der Waals surface area (Å²) < 4.78 is 5.37. The van der Waals surface area contributed by atoms with E-state index in [0.717, 1.165) is 43.3 Å². The second-order valence-electron chi connectivity index (χ2n) is 6.20. The van der Waals surface area contributed by atoms with Crippen molar-refractivity contribution in [2.75, 3.05) is 26.3 Å². The summed E-state index contributed by atoms with van der Waals surface area (Å²) in [7, 11) is 0. The second-order valence-corrected chi connectivity index (χ2v) is 7.52. The van der Waals surface area contributed by atoms with Crippen LogP contribution in [-0.2, 0) is 22.6 Å². The van der Waals surface area contributed by atoms with E-state index < -0.39 is 0 Å². The molecule has 1 aromatic carbocycles. The average molecular weight is 356 g/mol. The molecule has 1 aliphatic rings. The Kier molecular flexibility index (Phi) is 6.39. The van der Waals surface area contributed by atoms with Crippen molar-refractivity contribution in [3.63, 3.8) is 0 Å². The molecule has 0 radical (unpaired) electrons. The molecule has 0 aliphatic carbocycles. The van der Waals surface area contributed by atoms with E-state index in [-0.39, 0.29) is 5.91 Å². The molecule has 0 unspecified atom stereocenters. The molecule has 2 heterocycles. The quantitative estimate of drug-likeness (QED) is 0.808. The number of carbonyl (C=O) groups is 1. The van der Waals surface area contributed by atoms with Gasteiger partial charge >= 0.3 is 0 Å². The van der Waals surface area contributed by atoms with Crippen LogP contribution in [0.1, 0.15) is 20.9 Å². The molecule has 1 aliphatic heterocycles. The Bertz CT molecular complexity index is 716. The standard InChI is InChI=1S/C20H24N2O2S/c1-16-2-7-19(25-16)8-9-20(23)21-14-17-3-5-18(6-4-17)15-22-10-12-24-13-11-22/h2-9H,10-15H2,1H3,(H,21,23)/b9-8+. The van der Waals surface area contributed by atoms with Gasteiger partial charge in [0.1, 0.15) is 0 Å². The van der Waals surface area contributed by atoms with E-state index in [0.29, 0.717) is 6.54 Å². The Hall–Kier alpha value is -1.95. The van der Waals surface area contributed by atoms with Crippen molar-refractivity contribution >= 4 is 23.3 Å². The van der Waals surface area contributed by atoms with Crippen molar-refractivity contribution in [3.05, 3.63) is 63.4 Å². The molecule has 0 bridgehead atoms. The SMILES string of the molecule is Cc1ccc(/C=C/C(=O)NCc2ccc(CN3CCOCC3)cc2)s1. The van der Waals surface area contributed by atoms with E-state index in [2.05, 4.69) is 47.5 Å². The fraction of sp³-hybridized carbons (Fsp3) is 0.350. The monoisotopic (exact) mass is 356 g/mol. The molecule has 0 saturated carbocycles. The maximum Gasteiger partial charge on any atom is 0.244 e. The average Bonchev–Trinajstić information content (AvgIpc) is 3.06. The second kappa shape index (κ2) is 8.94. The number of benzene rings is 1. The third kappa shape index (κ3) is 5.81. The molecule has 0 spiro atoms. The van der Waals surface area contributed by atoms with Gasteiger partial charge in [-0.1, -0.05) is 24.3 Å². The van der Waals surface area contributed by atoms with Crippen LogP contribution in [0.15, 0.2) is 42.5 Å². The number of nitrogens with zero attached hydrogens (tertiary/aromatic N) is 1. The predicted octanol–water partition coefficient (Wildman–Crippen LogP) is 3.22. The number of hydrogen-bond donors (Lipinski definition) is 1. The molecular formula is C20H24N2O2S. The first kappa shape index (κ1) is 17.9. The molecule has 132 valence electrons. The van der Waals surface area contributed by atoms with E-state index in [1.165, 1.54) is 10.4 Å². The van der Waals surface area contributed by atoms with Gasteiger partial charge in [0.05, 0.1) is 13.2 Å². The summed E-state index contributed by atoms with van der Waals surface area (Å²) >= 11 is 1.68. The molecule has 1 N–H and O–H groups in total. The van der Waals surface area contributed by atoms with Crippen molar-refractivity contribution in [3.8, 4) is 0 Å². The molecule has 1 fully saturated rings. The summed E-state index contributed by atoms with van der Waals surface area (Å²) in [5.74, 6) is -0.0663. The first-order valence-electron chi connectivity index (χ1n) is 8.59. The van der Waals surface area contributed by atoms with E-state index in [1.54, 1.807) is 17.4 Å². The van der Waals surface area contributed by atoms with Gasteiger partial charge < -0.3 is 10.1 Å². The van der Waals surface area contributed by atoms with Crippen LogP contribution >= 0.6 is 11.3 Å². The van der Waals surface area contributed by atoms with E-state index in [1.807, 2.05) is 12.1 Å². The zero-order valence-electron chi connectivity index (χ0n) is 14.5. The molecule has 1 amide bonds. The highest BCUT2D eigenvalue weighted by atomic mass is 32.1. The first-order chi connectivity index (χ1) is 12.2. The summed E-state index contributed by atoms with van der Waals surface area (Å²) in [6, 6.07) is 12.5. The number of carbonyl (C=O) groups excluding carboxylic acids is 1. The van der Waals surface area contributed by atoms with Crippen molar-refractivity contribution in [2.45, 2.75) is 20.0 Å². The van der Waals surface area contributed by atoms with Crippen molar-refractivity contribution < 1.29 is 9.53 Å². The summed E-state index contributed by atoms with van der Waals surface area (Å²) in [4.78, 5) is 16.7. The number of thiophene rings is 1. The largest absolute Gasteiger partial charge is 0.379 e. The van der Waals surface area contributed by atoms with E-state index >= 15 is 0 Å². The molecule has 0 atom stereocenters. The lowest BCUT2D eigenvalue weighted by Crippen LogP contribution is -2.35. The van der Waals surface area contributed by atoms with Gasteiger partial charge in [0, 0.05) is 42.0 Å². The van der Waals surface area contributed by atoms with Gasteiger partial charge in [0.15, 0.2) is 0 Å². The zero-order valence-corrected chi connectivity index (χ0v) is 15.3. The number of hydrogen-bond acceptors (Lipinski definition) is 4. The zero-order chi connectivity index (χ0) is 17.5. The maximum absolute atomic E-state index is 11.9. The highest BCUT2D eigenvalue weighted by Crippen LogP contribution is 2.16. The normalized spacial score (nSPS) is 15.6. The van der Waals surface area contributed by atoms with Crippen LogP contribution in [-0.4, -0.2) is 37.1 Å². The Morgan fingerprint density at radius 1 is 1.16 bits per heavy atom. The first-order valence-corrected chi connectivity index (χ1v) is 9.41. The van der Waals surface area contributed by atoms with Gasteiger partial charge in [-0.25, -0.2) is 0 Å². The lowest BCUT2D eigenvalue weighted by molar-refractivity contribution is -0.116. The summed E-state index contributed by atoms with van der Waals surface area (Å²) in [6.07, 6.45) is 3.45. The molecule has 3 rings (SSSR count). The lowest BCUT2D eigenvalue weighted by atomic mass is 10.1. The number of aryl methyl sites for hydroxylation is 1. The Balaban J connectivity index is 1.44. The summed E-state index contributed by atoms with van der Waals surface area (Å²) in [5.41, 5.74) is 2.41. The van der Waals surface area contributed by atoms with Crippen LogP contribution in [0.5, 0.6) is 0 Å². The van der Waals surface area contributed by atoms with Gasteiger partial charge in [-0.15, -0.1) is 11.3 Å². The van der Waals surface area contributed by atoms with Crippen molar-refractivity contribution in [2.24, 2.45) is 0 Å². The highest BCUT2D eigenvalue weighted by Gasteiger charge is 2.10. The van der Waals surface area contributed by atoms with Gasteiger partial charge in [0.25, 0.3) is 0 Å². The molecular weight excluding hydrogens is 332 g/mol. The number of rotatable bonds is 6. The molecule has 5 heteroatoms. The van der Waals surface area contributed by atoms with Crippen molar-refractivity contribution in [1.82, 2.24) is 10.2 Å². The minimum absolute atomic E-state index is 0.0663. The highest BCUT2D eigenvalue weighted by molar-refractivity contribution is 7.12. The van der Waals surface area contributed by atoms with Crippen LogP contribution in [0, 0.1) is 6.92 Å². The van der Waals surface area contributed by atoms with Gasteiger partial charge in [-0.2, -0.15) is 0 Å². The van der Waals surface area contributed by atoms with Crippen LogP contribution < -0.4 is 5.32 Å². The number of nitrogens with one attached hydrogen (secondary N) is 1. The smallest absolute Gasteiger partial charge is 0.244 e. The summed E-state index contributed by atoms with van der Waals surface area (Å²) in [6.45, 7) is 7.20. The van der Waals surface area contributed by atoms with Gasteiger partial charge in [-0.3, -0.25) is 9.69 Å². The molecule has 2 aromatic rings. The van der Waals surface area contributed by atoms with E-state index in [4.69, 9.17) is 4.74 Å². The number of morpholine rings is 1. The van der Waals surface area contributed by atoms with Gasteiger partial charge in [-0.05, 0) is 36.3 Å². The maximum atomic E-state index is 11.9. The molecule has 4 nitrogen and oxygen atoms in total. The molecule has 1 saturated heterocycles. The Morgan fingerprint density at radius 2 is 1.88 bits per heavy atom. The minimum atomic E-state index is -0.0663. The number of ether oxygens (including phenoxy) is 1. The van der Waals surface area contributed by atoms with Crippen LogP contribution in [0.4, 0.5) is 0 Å². The van der Waals surface area contributed by atoms with Crippen LogP contribution in [0.3, 0.4) is 0 Å².